The molecule has 0 atom stereocenters. The second-order valence-corrected chi connectivity index (χ2v) is 4.50. The highest BCUT2D eigenvalue weighted by molar-refractivity contribution is 5.51. The van der Waals surface area contributed by atoms with Crippen molar-refractivity contribution in [2.75, 3.05) is 0 Å². The van der Waals surface area contributed by atoms with Gasteiger partial charge in [0.05, 0.1) is 6.26 Å². The Hall–Kier alpha value is -1.68. The Morgan fingerprint density at radius 1 is 1.35 bits per heavy atom. The van der Waals surface area contributed by atoms with Crippen molar-refractivity contribution < 1.29 is 4.42 Å². The first-order valence-electron chi connectivity index (χ1n) is 5.92. The predicted molar refractivity (Wildman–Crippen MR) is 64.3 cm³/mol. The van der Waals surface area contributed by atoms with Gasteiger partial charge in [0.2, 0.25) is 0 Å². The summed E-state index contributed by atoms with van der Waals surface area (Å²) in [6, 6.07) is 2.63. The molecule has 0 aromatic carbocycles. The molecule has 0 amide bonds. The molecular formula is C13H15N3O. The van der Waals surface area contributed by atoms with E-state index in [1.807, 2.05) is 25.4 Å². The number of aromatic nitrogens is 2. The average molecular weight is 229 g/mol. The van der Waals surface area contributed by atoms with Crippen LogP contribution in [0.1, 0.15) is 24.0 Å². The lowest BCUT2D eigenvalue weighted by atomic mass is 10.2. The molecule has 2 aromatic rings. The number of hydrogen-bond acceptors (Lipinski definition) is 4. The summed E-state index contributed by atoms with van der Waals surface area (Å²) in [5.41, 5.74) is 2.18. The van der Waals surface area contributed by atoms with Gasteiger partial charge >= 0.3 is 0 Å². The van der Waals surface area contributed by atoms with Gasteiger partial charge in [-0.2, -0.15) is 0 Å². The van der Waals surface area contributed by atoms with Crippen LogP contribution in [0.15, 0.2) is 29.1 Å². The van der Waals surface area contributed by atoms with Gasteiger partial charge < -0.3 is 9.73 Å². The molecule has 1 fully saturated rings. The van der Waals surface area contributed by atoms with Gasteiger partial charge in [0.25, 0.3) is 0 Å². The first-order valence-corrected chi connectivity index (χ1v) is 5.92. The van der Waals surface area contributed by atoms with Crippen molar-refractivity contribution in [3.63, 3.8) is 0 Å². The standard InChI is InChI=1S/C13H15N3O/c1-9-4-5-17-12(9)13-15-7-10(8-16-13)6-14-11-2-3-11/h4-5,7-8,11,14H,2-3,6H2,1H3. The van der Waals surface area contributed by atoms with Crippen LogP contribution in [0, 0.1) is 6.92 Å². The van der Waals surface area contributed by atoms with Crippen molar-refractivity contribution in [2.24, 2.45) is 0 Å². The minimum atomic E-state index is 0.655. The van der Waals surface area contributed by atoms with E-state index in [0.29, 0.717) is 11.9 Å². The van der Waals surface area contributed by atoms with Crippen molar-refractivity contribution in [1.29, 1.82) is 0 Å². The lowest BCUT2D eigenvalue weighted by molar-refractivity contribution is 0.575. The Balaban J connectivity index is 1.72. The third-order valence-corrected chi connectivity index (χ3v) is 2.94. The largest absolute Gasteiger partial charge is 0.461 e. The number of hydrogen-bond donors (Lipinski definition) is 1. The molecule has 1 aliphatic rings. The van der Waals surface area contributed by atoms with E-state index in [1.54, 1.807) is 6.26 Å². The molecule has 0 bridgehead atoms. The Morgan fingerprint density at radius 2 is 2.12 bits per heavy atom. The maximum atomic E-state index is 5.36. The SMILES string of the molecule is Cc1ccoc1-c1ncc(CNC2CC2)cn1. The molecule has 88 valence electrons. The minimum absolute atomic E-state index is 0.655. The smallest absolute Gasteiger partial charge is 0.195 e. The minimum Gasteiger partial charge on any atom is -0.461 e. The van der Waals surface area contributed by atoms with Crippen molar-refractivity contribution >= 4 is 0 Å². The van der Waals surface area contributed by atoms with Crippen LogP contribution in [0.25, 0.3) is 11.6 Å². The molecule has 2 aromatic heterocycles. The lowest BCUT2D eigenvalue weighted by Crippen LogP contribution is -2.15. The summed E-state index contributed by atoms with van der Waals surface area (Å²) >= 11 is 0. The topological polar surface area (TPSA) is 51.0 Å². The van der Waals surface area contributed by atoms with Crippen molar-refractivity contribution in [1.82, 2.24) is 15.3 Å². The van der Waals surface area contributed by atoms with Crippen molar-refractivity contribution in [2.45, 2.75) is 32.4 Å². The molecular weight excluding hydrogens is 214 g/mol. The van der Waals surface area contributed by atoms with Crippen LogP contribution in [0.5, 0.6) is 0 Å². The molecule has 1 aliphatic carbocycles. The highest BCUT2D eigenvalue weighted by atomic mass is 16.3. The molecule has 0 spiro atoms. The zero-order valence-corrected chi connectivity index (χ0v) is 9.81. The van der Waals surface area contributed by atoms with Crippen LogP contribution in [0.2, 0.25) is 0 Å². The van der Waals surface area contributed by atoms with Gasteiger partial charge in [0.1, 0.15) is 0 Å². The quantitative estimate of drug-likeness (QED) is 0.874. The normalized spacial score (nSPS) is 15.1. The monoisotopic (exact) mass is 229 g/mol. The molecule has 0 unspecified atom stereocenters. The number of furan rings is 1. The second kappa shape index (κ2) is 4.30. The highest BCUT2D eigenvalue weighted by Crippen LogP contribution is 2.21. The summed E-state index contributed by atoms with van der Waals surface area (Å²) in [6.07, 6.45) is 7.98. The molecule has 0 aliphatic heterocycles. The van der Waals surface area contributed by atoms with Crippen molar-refractivity contribution in [3.8, 4) is 11.6 Å². The number of rotatable bonds is 4. The van der Waals surface area contributed by atoms with Gasteiger partial charge in [-0.3, -0.25) is 0 Å². The average Bonchev–Trinajstić information content (AvgIpc) is 3.09. The van der Waals surface area contributed by atoms with Crippen molar-refractivity contribution in [3.05, 3.63) is 35.9 Å². The molecule has 2 heterocycles. The fourth-order valence-corrected chi connectivity index (χ4v) is 1.71. The highest BCUT2D eigenvalue weighted by Gasteiger charge is 2.20. The van der Waals surface area contributed by atoms with E-state index in [4.69, 9.17) is 4.42 Å². The molecule has 0 saturated heterocycles. The summed E-state index contributed by atoms with van der Waals surface area (Å²) in [7, 11) is 0. The molecule has 1 N–H and O–H groups in total. The van der Waals surface area contributed by atoms with E-state index in [-0.39, 0.29) is 0 Å². The summed E-state index contributed by atoms with van der Waals surface area (Å²) in [5, 5.41) is 3.44. The van der Waals surface area contributed by atoms with Crippen LogP contribution < -0.4 is 5.32 Å². The van der Waals surface area contributed by atoms with E-state index in [2.05, 4.69) is 15.3 Å². The molecule has 4 nitrogen and oxygen atoms in total. The fourth-order valence-electron chi connectivity index (χ4n) is 1.71. The van der Waals surface area contributed by atoms with Gasteiger partial charge in [-0.25, -0.2) is 9.97 Å². The van der Waals surface area contributed by atoms with Crippen LogP contribution >= 0.6 is 0 Å². The lowest BCUT2D eigenvalue weighted by Gasteiger charge is -2.03. The Morgan fingerprint density at radius 3 is 2.71 bits per heavy atom. The molecule has 3 rings (SSSR count). The first-order chi connectivity index (χ1) is 8.33. The van der Waals surface area contributed by atoms with E-state index in [0.717, 1.165) is 23.4 Å². The zero-order valence-electron chi connectivity index (χ0n) is 9.81. The van der Waals surface area contributed by atoms with Crippen LogP contribution in [-0.2, 0) is 6.54 Å². The maximum absolute atomic E-state index is 5.36. The van der Waals surface area contributed by atoms with Crippen LogP contribution in [-0.4, -0.2) is 16.0 Å². The molecule has 0 radical (unpaired) electrons. The van der Waals surface area contributed by atoms with Gasteiger partial charge in [-0.05, 0) is 31.4 Å². The summed E-state index contributed by atoms with van der Waals surface area (Å²) < 4.78 is 5.36. The predicted octanol–water partition coefficient (Wildman–Crippen LogP) is 2.30. The third kappa shape index (κ3) is 2.36. The van der Waals surface area contributed by atoms with Crippen LogP contribution in [0.3, 0.4) is 0 Å². The molecule has 1 saturated carbocycles. The number of nitrogens with zero attached hydrogens (tertiary/aromatic N) is 2. The molecule has 17 heavy (non-hydrogen) atoms. The summed E-state index contributed by atoms with van der Waals surface area (Å²) in [6.45, 7) is 2.84. The Kier molecular flexibility index (Phi) is 2.65. The summed E-state index contributed by atoms with van der Waals surface area (Å²) in [4.78, 5) is 8.67. The van der Waals surface area contributed by atoms with E-state index in [1.165, 1.54) is 12.8 Å². The number of aryl methyl sites for hydroxylation is 1. The van der Waals surface area contributed by atoms with E-state index in [9.17, 15) is 0 Å². The second-order valence-electron chi connectivity index (χ2n) is 4.50. The Labute approximate surface area is 100 Å². The first kappa shape index (κ1) is 10.5. The van der Waals surface area contributed by atoms with E-state index >= 15 is 0 Å². The number of nitrogens with one attached hydrogen (secondary N) is 1. The maximum Gasteiger partial charge on any atom is 0.195 e. The third-order valence-electron chi connectivity index (χ3n) is 2.94. The van der Waals surface area contributed by atoms with Gasteiger partial charge in [-0.1, -0.05) is 0 Å². The van der Waals surface area contributed by atoms with Gasteiger partial charge in [0.15, 0.2) is 11.6 Å². The van der Waals surface area contributed by atoms with Gasteiger partial charge in [-0.15, -0.1) is 0 Å². The summed E-state index contributed by atoms with van der Waals surface area (Å²) in [5.74, 6) is 1.41. The van der Waals surface area contributed by atoms with Gasteiger partial charge in [0, 0.05) is 30.5 Å². The molecule has 4 heteroatoms. The zero-order chi connectivity index (χ0) is 11.7. The Bertz CT molecular complexity index is 500. The van der Waals surface area contributed by atoms with Crippen LogP contribution in [0.4, 0.5) is 0 Å². The fraction of sp³-hybridized carbons (Fsp3) is 0.385. The van der Waals surface area contributed by atoms with E-state index < -0.39 is 0 Å².